The fourth-order valence-corrected chi connectivity index (χ4v) is 4.95. The van der Waals surface area contributed by atoms with Gasteiger partial charge in [0.2, 0.25) is 0 Å². The zero-order valence-corrected chi connectivity index (χ0v) is 15.3. The van der Waals surface area contributed by atoms with Gasteiger partial charge < -0.3 is 4.74 Å². The van der Waals surface area contributed by atoms with Crippen LogP contribution in [0.2, 0.25) is 0 Å². The number of esters is 1. The summed E-state index contributed by atoms with van der Waals surface area (Å²) in [7, 11) is -4.83. The molecule has 0 heterocycles. The Morgan fingerprint density at radius 2 is 1.44 bits per heavy atom. The van der Waals surface area contributed by atoms with Crippen molar-refractivity contribution in [1.82, 2.24) is 0 Å². The lowest BCUT2D eigenvalue weighted by molar-refractivity contribution is -0.163. The van der Waals surface area contributed by atoms with Crippen LogP contribution in [0.3, 0.4) is 0 Å². The molecule has 5 nitrogen and oxygen atoms in total. The van der Waals surface area contributed by atoms with Crippen LogP contribution in [0.5, 0.6) is 0 Å². The number of carbonyl (C=O) groups is 1. The van der Waals surface area contributed by atoms with Gasteiger partial charge in [-0.1, -0.05) is 38.5 Å². The second kappa shape index (κ2) is 8.75. The van der Waals surface area contributed by atoms with Gasteiger partial charge >= 0.3 is 5.97 Å². The summed E-state index contributed by atoms with van der Waals surface area (Å²) < 4.78 is 62.0. The predicted octanol–water partition coefficient (Wildman–Crippen LogP) is 3.83. The maximum absolute atomic E-state index is 13.6. The third kappa shape index (κ3) is 6.81. The molecule has 8 heteroatoms. The first-order chi connectivity index (χ1) is 11.7. The molecule has 146 valence electrons. The Balaban J connectivity index is 2.01. The van der Waals surface area contributed by atoms with Crippen molar-refractivity contribution in [3.8, 4) is 0 Å². The molecule has 0 amide bonds. The molecular weight excluding hydrogens is 354 g/mol. The summed E-state index contributed by atoms with van der Waals surface area (Å²) >= 11 is 0. The van der Waals surface area contributed by atoms with Crippen molar-refractivity contribution in [3.63, 3.8) is 0 Å². The van der Waals surface area contributed by atoms with Crippen molar-refractivity contribution >= 4 is 16.1 Å². The van der Waals surface area contributed by atoms with E-state index in [2.05, 4.69) is 0 Å². The van der Waals surface area contributed by atoms with Crippen LogP contribution in [-0.2, 0) is 19.6 Å². The molecule has 0 aromatic heterocycles. The molecule has 2 aliphatic rings. The van der Waals surface area contributed by atoms with Crippen LogP contribution < -0.4 is 0 Å². The number of halogens is 2. The Morgan fingerprint density at radius 1 is 1.00 bits per heavy atom. The molecule has 0 aliphatic heterocycles. The van der Waals surface area contributed by atoms with E-state index in [1.807, 2.05) is 0 Å². The Hall–Kier alpha value is -0.760. The summed E-state index contributed by atoms with van der Waals surface area (Å²) in [4.78, 5) is 12.6. The topological polar surface area (TPSA) is 80.7 Å². The molecule has 2 aliphatic carbocycles. The van der Waals surface area contributed by atoms with E-state index < -0.39 is 34.4 Å². The van der Waals surface area contributed by atoms with Gasteiger partial charge in [0.05, 0.1) is 5.92 Å². The molecule has 0 saturated heterocycles. The Kier molecular flexibility index (Phi) is 7.19. The van der Waals surface area contributed by atoms with Crippen molar-refractivity contribution in [2.45, 2.75) is 70.1 Å². The van der Waals surface area contributed by atoms with Gasteiger partial charge in [0.25, 0.3) is 16.0 Å². The van der Waals surface area contributed by atoms with Crippen molar-refractivity contribution in [2.75, 3.05) is 12.4 Å². The maximum Gasteiger partial charge on any atom is 0.309 e. The highest BCUT2D eigenvalue weighted by atomic mass is 32.2. The summed E-state index contributed by atoms with van der Waals surface area (Å²) in [6, 6.07) is 0. The minimum atomic E-state index is -4.83. The lowest BCUT2D eigenvalue weighted by Crippen LogP contribution is -2.39. The number of carbonyl (C=O) groups excluding carboxylic acids is 1. The number of rotatable bonds is 7. The van der Waals surface area contributed by atoms with Crippen LogP contribution in [0.4, 0.5) is 8.78 Å². The van der Waals surface area contributed by atoms with Gasteiger partial charge in [-0.25, -0.2) is 8.78 Å². The summed E-state index contributed by atoms with van der Waals surface area (Å²) in [5.41, 5.74) is 0. The average molecular weight is 382 g/mol. The quantitative estimate of drug-likeness (QED) is 0.535. The molecule has 1 N–H and O–H groups in total. The average Bonchev–Trinajstić information content (AvgIpc) is 2.53. The van der Waals surface area contributed by atoms with Gasteiger partial charge in [0.1, 0.15) is 5.75 Å². The fourth-order valence-electron chi connectivity index (χ4n) is 4.34. The molecule has 2 rings (SSSR count). The molecular formula is C17H28F2O5S. The molecule has 0 unspecified atom stereocenters. The minimum absolute atomic E-state index is 0.166. The van der Waals surface area contributed by atoms with Crippen molar-refractivity contribution < 1.29 is 31.3 Å². The van der Waals surface area contributed by atoms with Crippen molar-refractivity contribution in [2.24, 2.45) is 17.8 Å². The zero-order valence-electron chi connectivity index (χ0n) is 14.5. The van der Waals surface area contributed by atoms with Crippen molar-refractivity contribution in [3.05, 3.63) is 0 Å². The Morgan fingerprint density at radius 3 is 1.84 bits per heavy atom. The van der Waals surface area contributed by atoms with E-state index in [4.69, 9.17) is 9.29 Å². The molecule has 0 aromatic rings. The molecule has 0 radical (unpaired) electrons. The second-order valence-corrected chi connectivity index (χ2v) is 8.96. The number of hydrogen-bond donors (Lipinski definition) is 1. The number of hydrogen-bond acceptors (Lipinski definition) is 4. The molecule has 0 atom stereocenters. The standard InChI is InChI=1S/C17H28F2O5S/c18-17(19,12-25(21,22)23)11-24-16(20)15(13-7-3-1-4-8-13)14-9-5-2-6-10-14/h13-15H,1-12H2,(H,21,22,23). The Labute approximate surface area is 148 Å². The molecule has 0 bridgehead atoms. The summed E-state index contributed by atoms with van der Waals surface area (Å²) in [5.74, 6) is -6.19. The van der Waals surface area contributed by atoms with Crippen LogP contribution in [0, 0.1) is 17.8 Å². The normalized spacial score (nSPS) is 21.4. The third-order valence-electron chi connectivity index (χ3n) is 5.41. The highest BCUT2D eigenvalue weighted by molar-refractivity contribution is 7.85. The van der Waals surface area contributed by atoms with E-state index in [9.17, 15) is 22.0 Å². The number of alkyl halides is 2. The lowest BCUT2D eigenvalue weighted by atomic mass is 9.69. The zero-order chi connectivity index (χ0) is 18.5. The predicted molar refractivity (Wildman–Crippen MR) is 89.0 cm³/mol. The maximum atomic E-state index is 13.6. The minimum Gasteiger partial charge on any atom is -0.459 e. The van der Waals surface area contributed by atoms with Crippen LogP contribution in [-0.4, -0.2) is 37.2 Å². The largest absolute Gasteiger partial charge is 0.459 e. The van der Waals surface area contributed by atoms with Crippen LogP contribution >= 0.6 is 0 Å². The van der Waals surface area contributed by atoms with Gasteiger partial charge in [-0.05, 0) is 37.5 Å². The molecule has 0 spiro atoms. The number of ether oxygens (including phenoxy) is 1. The summed E-state index contributed by atoms with van der Waals surface area (Å²) in [6.45, 7) is -1.30. The molecule has 2 saturated carbocycles. The first kappa shape index (κ1) is 20.6. The third-order valence-corrected chi connectivity index (χ3v) is 6.19. The van der Waals surface area contributed by atoms with E-state index in [0.29, 0.717) is 0 Å². The van der Waals surface area contributed by atoms with E-state index in [1.54, 1.807) is 0 Å². The van der Waals surface area contributed by atoms with Gasteiger partial charge in [0, 0.05) is 0 Å². The molecule has 25 heavy (non-hydrogen) atoms. The van der Waals surface area contributed by atoms with Gasteiger partial charge in [0.15, 0.2) is 6.61 Å². The summed E-state index contributed by atoms with van der Waals surface area (Å²) in [6.07, 6.45) is 10.1. The smallest absolute Gasteiger partial charge is 0.309 e. The fraction of sp³-hybridized carbons (Fsp3) is 0.941. The van der Waals surface area contributed by atoms with Gasteiger partial charge in [-0.2, -0.15) is 8.42 Å². The second-order valence-electron chi connectivity index (χ2n) is 7.51. The SMILES string of the molecule is O=C(OCC(F)(F)CS(=O)(=O)O)C(C1CCCCC1)C1CCCCC1. The highest BCUT2D eigenvalue weighted by Crippen LogP contribution is 2.40. The van der Waals surface area contributed by atoms with E-state index in [0.717, 1.165) is 64.2 Å². The monoisotopic (exact) mass is 382 g/mol. The lowest BCUT2D eigenvalue weighted by Gasteiger charge is -2.36. The first-order valence-electron chi connectivity index (χ1n) is 9.17. The van der Waals surface area contributed by atoms with E-state index >= 15 is 0 Å². The molecule has 2 fully saturated rings. The van der Waals surface area contributed by atoms with Crippen LogP contribution in [0.25, 0.3) is 0 Å². The van der Waals surface area contributed by atoms with Crippen LogP contribution in [0.1, 0.15) is 64.2 Å². The first-order valence-corrected chi connectivity index (χ1v) is 10.8. The highest BCUT2D eigenvalue weighted by Gasteiger charge is 2.41. The van der Waals surface area contributed by atoms with Gasteiger partial charge in [-0.3, -0.25) is 9.35 Å². The van der Waals surface area contributed by atoms with E-state index in [1.165, 1.54) is 0 Å². The van der Waals surface area contributed by atoms with E-state index in [-0.39, 0.29) is 17.8 Å². The van der Waals surface area contributed by atoms with Crippen molar-refractivity contribution in [1.29, 1.82) is 0 Å². The van der Waals surface area contributed by atoms with Gasteiger partial charge in [-0.15, -0.1) is 0 Å². The van der Waals surface area contributed by atoms with Crippen LogP contribution in [0.15, 0.2) is 0 Å². The Bertz CT molecular complexity index is 519. The molecule has 0 aromatic carbocycles. The summed E-state index contributed by atoms with van der Waals surface area (Å²) in [5, 5.41) is 0.